The quantitative estimate of drug-likeness (QED) is 0.376. The van der Waals surface area contributed by atoms with Gasteiger partial charge in [-0.2, -0.15) is 5.10 Å². The van der Waals surface area contributed by atoms with Crippen molar-refractivity contribution in [2.75, 3.05) is 0 Å². The Morgan fingerprint density at radius 3 is 2.55 bits per heavy atom. The van der Waals surface area contributed by atoms with Crippen LogP contribution in [0, 0.1) is 11.6 Å². The van der Waals surface area contributed by atoms with Crippen LogP contribution in [0.2, 0.25) is 0 Å². The number of H-pyrrole nitrogens is 1. The molecule has 1 saturated carbocycles. The fraction of sp³-hybridized carbons (Fsp3) is 0.360. The van der Waals surface area contributed by atoms with Crippen LogP contribution in [0.25, 0.3) is 27.5 Å². The molecule has 0 unspecified atom stereocenters. The fourth-order valence-electron chi connectivity index (χ4n) is 5.25. The maximum absolute atomic E-state index is 14.8. The van der Waals surface area contributed by atoms with E-state index in [0.29, 0.717) is 18.5 Å². The number of nitrogens with one attached hydrogen (secondary N) is 1. The molecule has 0 amide bonds. The first-order valence-corrected chi connectivity index (χ1v) is 11.1. The highest BCUT2D eigenvalue weighted by molar-refractivity contribution is 5.99. The highest BCUT2D eigenvalue weighted by atomic mass is 19.2. The number of halogens is 3. The predicted molar refractivity (Wildman–Crippen MR) is 120 cm³/mol. The van der Waals surface area contributed by atoms with Gasteiger partial charge in [-0.25, -0.2) is 18.0 Å². The molecular formula is C25H24F3N3O2. The van der Waals surface area contributed by atoms with Crippen LogP contribution in [0.3, 0.4) is 0 Å². The van der Waals surface area contributed by atoms with Gasteiger partial charge in [-0.05, 0) is 67.3 Å². The lowest BCUT2D eigenvalue weighted by Crippen LogP contribution is -2.37. The minimum atomic E-state index is -2.20. The Hall–Kier alpha value is -3.29. The number of rotatable bonds is 4. The minimum Gasteiger partial charge on any atom is -0.479 e. The SMILES string of the molecule is CC(C)c1c(C2CCC(F)(C(=O)O)CC2)c2cc3[nH]ncc3cc2n1-c1ccc(F)c(F)c1. The van der Waals surface area contributed by atoms with Crippen LogP contribution in [0.4, 0.5) is 13.2 Å². The minimum absolute atomic E-state index is 0.0218. The molecule has 0 saturated heterocycles. The number of carbonyl (C=O) groups is 1. The van der Waals surface area contributed by atoms with Gasteiger partial charge in [0.2, 0.25) is 5.67 Å². The van der Waals surface area contributed by atoms with Gasteiger partial charge in [0.1, 0.15) is 0 Å². The molecule has 172 valence electrons. The van der Waals surface area contributed by atoms with E-state index in [9.17, 15) is 23.1 Å². The number of aromatic amines is 1. The Bertz CT molecular complexity index is 1380. The van der Waals surface area contributed by atoms with Crippen LogP contribution in [0.15, 0.2) is 36.5 Å². The third kappa shape index (κ3) is 3.39. The van der Waals surface area contributed by atoms with Crippen LogP contribution in [0.5, 0.6) is 0 Å². The van der Waals surface area contributed by atoms with Crippen molar-refractivity contribution < 1.29 is 23.1 Å². The molecule has 0 aliphatic heterocycles. The third-order valence-electron chi connectivity index (χ3n) is 6.88. The zero-order valence-corrected chi connectivity index (χ0v) is 18.3. The van der Waals surface area contributed by atoms with Crippen molar-refractivity contribution in [3.63, 3.8) is 0 Å². The van der Waals surface area contributed by atoms with Crippen molar-refractivity contribution in [1.82, 2.24) is 14.8 Å². The molecule has 2 aromatic carbocycles. The molecule has 2 heterocycles. The molecule has 0 radical (unpaired) electrons. The van der Waals surface area contributed by atoms with Gasteiger partial charge in [-0.3, -0.25) is 5.10 Å². The van der Waals surface area contributed by atoms with E-state index in [1.807, 2.05) is 30.5 Å². The van der Waals surface area contributed by atoms with E-state index < -0.39 is 23.3 Å². The molecule has 2 N–H and O–H groups in total. The summed E-state index contributed by atoms with van der Waals surface area (Å²) in [5.74, 6) is -3.29. The van der Waals surface area contributed by atoms with Gasteiger partial charge in [0, 0.05) is 28.2 Å². The number of aliphatic carboxylic acids is 1. The first kappa shape index (κ1) is 21.6. The molecule has 1 fully saturated rings. The second-order valence-corrected chi connectivity index (χ2v) is 9.26. The van der Waals surface area contributed by atoms with Gasteiger partial charge < -0.3 is 9.67 Å². The Kier molecular flexibility index (Phi) is 4.99. The van der Waals surface area contributed by atoms with E-state index in [2.05, 4.69) is 10.2 Å². The van der Waals surface area contributed by atoms with Gasteiger partial charge in [-0.15, -0.1) is 0 Å². The highest BCUT2D eigenvalue weighted by Crippen LogP contribution is 2.47. The number of carboxylic acids is 1. The van der Waals surface area contributed by atoms with Crippen molar-refractivity contribution in [2.45, 2.75) is 57.0 Å². The lowest BCUT2D eigenvalue weighted by atomic mass is 9.75. The zero-order valence-electron chi connectivity index (χ0n) is 18.3. The molecule has 1 aliphatic carbocycles. The summed E-state index contributed by atoms with van der Waals surface area (Å²) < 4.78 is 44.7. The molecule has 5 nitrogen and oxygen atoms in total. The van der Waals surface area contributed by atoms with E-state index in [1.165, 1.54) is 6.07 Å². The molecule has 0 spiro atoms. The van der Waals surface area contributed by atoms with Crippen molar-refractivity contribution in [1.29, 1.82) is 0 Å². The van der Waals surface area contributed by atoms with Crippen LogP contribution in [-0.2, 0) is 4.79 Å². The lowest BCUT2D eigenvalue weighted by Gasteiger charge is -2.32. The van der Waals surface area contributed by atoms with Gasteiger partial charge in [0.25, 0.3) is 0 Å². The molecule has 1 aliphatic rings. The molecule has 0 bridgehead atoms. The monoisotopic (exact) mass is 455 g/mol. The van der Waals surface area contributed by atoms with Crippen LogP contribution in [-0.4, -0.2) is 31.5 Å². The number of fused-ring (bicyclic) bond motifs is 2. The summed E-state index contributed by atoms with van der Waals surface area (Å²) in [6.07, 6.45) is 2.36. The summed E-state index contributed by atoms with van der Waals surface area (Å²) in [5, 5.41) is 18.2. The zero-order chi connectivity index (χ0) is 23.5. The molecule has 2 aromatic heterocycles. The van der Waals surface area contributed by atoms with E-state index in [0.717, 1.165) is 39.1 Å². The predicted octanol–water partition coefficient (Wildman–Crippen LogP) is 6.36. The van der Waals surface area contributed by atoms with Crippen molar-refractivity contribution in [2.24, 2.45) is 0 Å². The highest BCUT2D eigenvalue weighted by Gasteiger charge is 2.43. The second kappa shape index (κ2) is 7.64. The summed E-state index contributed by atoms with van der Waals surface area (Å²) >= 11 is 0. The van der Waals surface area contributed by atoms with E-state index >= 15 is 0 Å². The van der Waals surface area contributed by atoms with Gasteiger partial charge in [0.15, 0.2) is 11.6 Å². The smallest absolute Gasteiger partial charge is 0.341 e. The number of alkyl halides is 1. The molecular weight excluding hydrogens is 431 g/mol. The van der Waals surface area contributed by atoms with Gasteiger partial charge >= 0.3 is 5.97 Å². The Morgan fingerprint density at radius 2 is 1.91 bits per heavy atom. The van der Waals surface area contributed by atoms with Gasteiger partial charge in [0.05, 0.1) is 17.2 Å². The molecule has 8 heteroatoms. The summed E-state index contributed by atoms with van der Waals surface area (Å²) in [4.78, 5) is 11.4. The largest absolute Gasteiger partial charge is 0.479 e. The second-order valence-electron chi connectivity index (χ2n) is 9.26. The van der Waals surface area contributed by atoms with Crippen molar-refractivity contribution in [3.05, 3.63) is 59.4 Å². The normalized spacial score (nSPS) is 21.3. The van der Waals surface area contributed by atoms with Crippen LogP contribution >= 0.6 is 0 Å². The topological polar surface area (TPSA) is 70.9 Å². The van der Waals surface area contributed by atoms with Crippen LogP contribution < -0.4 is 0 Å². The van der Waals surface area contributed by atoms with E-state index in [4.69, 9.17) is 0 Å². The summed E-state index contributed by atoms with van der Waals surface area (Å²) in [5.41, 5.74) is 1.89. The average molecular weight is 455 g/mol. The number of benzene rings is 2. The standard InChI is InChI=1S/C25H24F3N3O2/c1-13(2)23-22(14-5-7-25(28,8-6-14)24(32)33)17-11-20-15(12-29-30-20)9-21(17)31(23)16-3-4-18(26)19(27)10-16/h3-4,9-14H,5-8H2,1-2H3,(H,29,30)(H,32,33). The third-order valence-corrected chi connectivity index (χ3v) is 6.88. The number of aromatic nitrogens is 3. The van der Waals surface area contributed by atoms with E-state index in [-0.39, 0.29) is 24.7 Å². The Labute approximate surface area is 188 Å². The average Bonchev–Trinajstić information content (AvgIpc) is 3.36. The summed E-state index contributed by atoms with van der Waals surface area (Å²) in [7, 11) is 0. The Morgan fingerprint density at radius 1 is 1.18 bits per heavy atom. The number of hydrogen-bond acceptors (Lipinski definition) is 2. The maximum Gasteiger partial charge on any atom is 0.341 e. The Balaban J connectivity index is 1.77. The summed E-state index contributed by atoms with van der Waals surface area (Å²) in [6.45, 7) is 4.06. The fourth-order valence-corrected chi connectivity index (χ4v) is 5.25. The molecule has 4 aromatic rings. The van der Waals surface area contributed by atoms with Crippen molar-refractivity contribution in [3.8, 4) is 5.69 Å². The first-order valence-electron chi connectivity index (χ1n) is 11.1. The maximum atomic E-state index is 14.8. The van der Waals surface area contributed by atoms with Gasteiger partial charge in [-0.1, -0.05) is 13.8 Å². The lowest BCUT2D eigenvalue weighted by molar-refractivity contribution is -0.153. The number of hydrogen-bond donors (Lipinski definition) is 2. The molecule has 33 heavy (non-hydrogen) atoms. The summed E-state index contributed by atoms with van der Waals surface area (Å²) in [6, 6.07) is 7.79. The van der Waals surface area contributed by atoms with E-state index in [1.54, 1.807) is 12.3 Å². The number of carboxylic acid groups (broad SMARTS) is 1. The van der Waals surface area contributed by atoms with Crippen LogP contribution in [0.1, 0.15) is 62.6 Å². The molecule has 5 rings (SSSR count). The molecule has 0 atom stereocenters. The van der Waals surface area contributed by atoms with Crippen molar-refractivity contribution >= 4 is 27.8 Å². The number of nitrogens with zero attached hydrogens (tertiary/aromatic N) is 2. The first-order chi connectivity index (χ1) is 15.7.